The first-order valence-corrected chi connectivity index (χ1v) is 15.1. The van der Waals surface area contributed by atoms with Crippen LogP contribution in [0.5, 0.6) is 0 Å². The first-order valence-electron chi connectivity index (χ1n) is 9.14. The molecule has 0 bridgehead atoms. The molecule has 0 unspecified atom stereocenters. The summed E-state index contributed by atoms with van der Waals surface area (Å²) in [6, 6.07) is 0. The fourth-order valence-corrected chi connectivity index (χ4v) is 5.50. The summed E-state index contributed by atoms with van der Waals surface area (Å²) in [5.74, 6) is 0. The minimum atomic E-state index is -6.60. The first kappa shape index (κ1) is 40.3. The van der Waals surface area contributed by atoms with E-state index in [1.54, 1.807) is 0 Å². The highest BCUT2D eigenvalue weighted by molar-refractivity contribution is 8.06. The summed E-state index contributed by atoms with van der Waals surface area (Å²) in [4.78, 5) is 2.34. The van der Waals surface area contributed by atoms with Crippen molar-refractivity contribution in [3.63, 3.8) is 0 Å². The predicted molar refractivity (Wildman–Crippen MR) is 111 cm³/mol. The molecule has 2 N–H and O–H groups in total. The van der Waals surface area contributed by atoms with E-state index in [1.807, 2.05) is 0 Å². The molecule has 0 spiro atoms. The molecule has 40 heavy (non-hydrogen) atoms. The zero-order chi connectivity index (χ0) is 32.8. The van der Waals surface area contributed by atoms with E-state index < -0.39 is 70.4 Å². The Balaban J connectivity index is 0. The molecule has 0 aromatic rings. The molecule has 27 heteroatoms. The molecule has 0 aliphatic carbocycles. The molecule has 0 aromatic heterocycles. The molecule has 1 rings (SSSR count). The fraction of sp³-hybridized carbons (Fsp3) is 0.692. The molecule has 0 saturated carbocycles. The molecular weight excluding hydrogens is 682 g/mol. The summed E-state index contributed by atoms with van der Waals surface area (Å²) in [5.41, 5.74) is -23.1. The Morgan fingerprint density at radius 2 is 0.925 bits per heavy atom. The monoisotopic (exact) mass is 699 g/mol. The van der Waals surface area contributed by atoms with Crippen LogP contribution in [0.15, 0.2) is 23.9 Å². The van der Waals surface area contributed by atoms with E-state index in [0.717, 1.165) is 6.54 Å². The van der Waals surface area contributed by atoms with Gasteiger partial charge in [0.1, 0.15) is 0 Å². The van der Waals surface area contributed by atoms with Crippen LogP contribution in [0.4, 0.5) is 52.7 Å². The van der Waals surface area contributed by atoms with Gasteiger partial charge in [-0.2, -0.15) is 52.7 Å². The number of hydrogen-bond acceptors (Lipinski definition) is 9. The third-order valence-corrected chi connectivity index (χ3v) is 9.25. The second-order valence-electron chi connectivity index (χ2n) is 6.79. The van der Waals surface area contributed by atoms with Gasteiger partial charge in [0.05, 0.1) is 0 Å². The van der Waals surface area contributed by atoms with Crippen molar-refractivity contribution in [1.29, 1.82) is 0 Å². The van der Waals surface area contributed by atoms with E-state index >= 15 is 0 Å². The molecule has 11 nitrogen and oxygen atoms in total. The van der Waals surface area contributed by atoms with Gasteiger partial charge in [-0.3, -0.25) is 0 Å². The second-order valence-corrected chi connectivity index (χ2v) is 14.0. The number of allylic oxidation sites excluding steroid dienone is 2. The third kappa shape index (κ3) is 12.8. The van der Waals surface area contributed by atoms with Gasteiger partial charge in [0.2, 0.25) is 0 Å². The van der Waals surface area contributed by atoms with Gasteiger partial charge in [-0.25, -0.2) is 33.7 Å². The number of alkyl halides is 12. The molecule has 1 aliphatic rings. The molecule has 0 radical (unpaired) electrons. The Morgan fingerprint density at radius 3 is 1.12 bits per heavy atom. The molecular formula is C13H17F12N3O8S4. The lowest BCUT2D eigenvalue weighted by Gasteiger charge is -2.22. The largest absolute Gasteiger partial charge is 0.512 e. The van der Waals surface area contributed by atoms with Crippen LogP contribution < -0.4 is 8.25 Å². The van der Waals surface area contributed by atoms with Gasteiger partial charge in [-0.1, -0.05) is 26.8 Å². The van der Waals surface area contributed by atoms with Gasteiger partial charge in [-0.15, -0.1) is 0 Å². The maximum absolute atomic E-state index is 11.5. The van der Waals surface area contributed by atoms with Gasteiger partial charge in [-0.05, 0) is 25.6 Å². The number of nitrogens with zero attached hydrogens (tertiary/aromatic N) is 1. The average Bonchev–Trinajstić information content (AvgIpc) is 2.64. The lowest BCUT2D eigenvalue weighted by molar-refractivity contribution is -0.0487. The molecule has 240 valence electrons. The predicted octanol–water partition coefficient (Wildman–Crippen LogP) is 2.72. The Morgan fingerprint density at radius 1 is 0.650 bits per heavy atom. The van der Waals surface area contributed by atoms with Crippen molar-refractivity contribution in [2.24, 2.45) is 0 Å². The third-order valence-electron chi connectivity index (χ3n) is 3.30. The summed E-state index contributed by atoms with van der Waals surface area (Å²) in [6.45, 7) is 6.68. The van der Waals surface area contributed by atoms with Gasteiger partial charge >= 0.3 is 62.1 Å². The van der Waals surface area contributed by atoms with Crippen LogP contribution in [0.1, 0.15) is 20.3 Å². The van der Waals surface area contributed by atoms with E-state index in [1.165, 1.54) is 18.5 Å². The Bertz CT molecular complexity index is 1170. The van der Waals surface area contributed by atoms with Gasteiger partial charge < -0.3 is 4.90 Å². The number of halogens is 12. The van der Waals surface area contributed by atoms with E-state index in [0.29, 0.717) is 0 Å². The summed E-state index contributed by atoms with van der Waals surface area (Å²) in [5, 5.41) is 0. The normalized spacial score (nSPS) is 15.8. The quantitative estimate of drug-likeness (QED) is 0.397. The van der Waals surface area contributed by atoms with Crippen molar-refractivity contribution >= 4 is 40.1 Å². The van der Waals surface area contributed by atoms with Crippen molar-refractivity contribution < 1.29 is 86.4 Å². The lowest BCUT2D eigenvalue weighted by Crippen LogP contribution is -2.45. The van der Waals surface area contributed by atoms with Crippen LogP contribution in [0.2, 0.25) is 0 Å². The summed E-state index contributed by atoms with van der Waals surface area (Å²) in [7, 11) is -26.4. The number of hydrogen-bond donors (Lipinski definition) is 2. The highest BCUT2D eigenvalue weighted by Gasteiger charge is 2.56. The molecule has 0 aromatic carbocycles. The molecule has 0 fully saturated rings. The first-order chi connectivity index (χ1) is 17.2. The fourth-order valence-electron chi connectivity index (χ4n) is 1.67. The molecule has 0 amide bonds. The lowest BCUT2D eigenvalue weighted by atomic mass is 10.2. The number of rotatable bonds is 6. The van der Waals surface area contributed by atoms with Crippen molar-refractivity contribution in [3.8, 4) is 0 Å². The van der Waals surface area contributed by atoms with Crippen LogP contribution in [0.3, 0.4) is 0 Å². The topological polar surface area (TPSA) is 164 Å². The average molecular weight is 700 g/mol. The zero-order valence-electron chi connectivity index (χ0n) is 19.2. The summed E-state index contributed by atoms with van der Waals surface area (Å²) in [6.07, 6.45) is 7.69. The standard InChI is InChI=1S/C9H15N.2C2HF6NO4S2/c1-3-6-10-7-4-5-9(2)8-10;2*3-1(4,5)14(10,11)9-15(12,13)2(6,7)8/h4-5,7H,3,6,8H2,1-2H3;2*9H. The van der Waals surface area contributed by atoms with Crippen molar-refractivity contribution in [3.05, 3.63) is 23.9 Å². The van der Waals surface area contributed by atoms with Crippen LogP contribution in [0.25, 0.3) is 0 Å². The van der Waals surface area contributed by atoms with Crippen LogP contribution in [-0.4, -0.2) is 73.7 Å². The van der Waals surface area contributed by atoms with Crippen LogP contribution in [0, 0.1) is 0 Å². The highest BCUT2D eigenvalue weighted by Crippen LogP contribution is 2.28. The van der Waals surface area contributed by atoms with Crippen molar-refractivity contribution in [1.82, 2.24) is 13.2 Å². The van der Waals surface area contributed by atoms with E-state index in [4.69, 9.17) is 0 Å². The molecule has 0 atom stereocenters. The van der Waals surface area contributed by atoms with E-state index in [9.17, 15) is 86.4 Å². The number of sulfonamides is 4. The maximum atomic E-state index is 11.5. The number of nitrogens with one attached hydrogen (secondary N) is 2. The molecule has 1 aliphatic heterocycles. The highest BCUT2D eigenvalue weighted by atomic mass is 32.3. The Kier molecular flexibility index (Phi) is 13.5. The maximum Gasteiger partial charge on any atom is 0.512 e. The minimum absolute atomic E-state index is 0.493. The van der Waals surface area contributed by atoms with Crippen LogP contribution in [-0.2, 0) is 40.1 Å². The minimum Gasteiger partial charge on any atom is -0.373 e. The molecule has 1 heterocycles. The Labute approximate surface area is 219 Å². The summed E-state index contributed by atoms with van der Waals surface area (Å²) < 4.78 is 217. The zero-order valence-corrected chi connectivity index (χ0v) is 22.5. The molecule has 0 saturated heterocycles. The van der Waals surface area contributed by atoms with Crippen molar-refractivity contribution in [2.75, 3.05) is 13.1 Å². The SMILES string of the molecule is CCCN1C=CC=C(C)C1.O=S(=O)(NS(=O)(=O)C(F)(F)F)C(F)(F)F.O=S(=O)(NS(=O)(=O)C(F)(F)F)C(F)(F)F. The second kappa shape index (κ2) is 13.4. The smallest absolute Gasteiger partial charge is 0.373 e. The van der Waals surface area contributed by atoms with Gasteiger partial charge in [0, 0.05) is 13.1 Å². The van der Waals surface area contributed by atoms with E-state index in [-0.39, 0.29) is 0 Å². The van der Waals surface area contributed by atoms with Gasteiger partial charge in [0.25, 0.3) is 0 Å². The van der Waals surface area contributed by atoms with Crippen LogP contribution >= 0.6 is 0 Å². The van der Waals surface area contributed by atoms with E-state index in [2.05, 4.69) is 37.1 Å². The van der Waals surface area contributed by atoms with Gasteiger partial charge in [0.15, 0.2) is 0 Å². The summed E-state index contributed by atoms with van der Waals surface area (Å²) >= 11 is 0. The van der Waals surface area contributed by atoms with Crippen molar-refractivity contribution in [2.45, 2.75) is 42.3 Å². The Hall–Kier alpha value is -1.84.